The van der Waals surface area contributed by atoms with Gasteiger partial charge in [0.1, 0.15) is 5.84 Å². The van der Waals surface area contributed by atoms with Gasteiger partial charge in [0.15, 0.2) is 0 Å². The highest BCUT2D eigenvalue weighted by molar-refractivity contribution is 5.80. The molecule has 0 amide bonds. The molecule has 4 nitrogen and oxygen atoms in total. The monoisotopic (exact) mass is 261 g/mol. The van der Waals surface area contributed by atoms with Gasteiger partial charge in [-0.15, -0.1) is 0 Å². The minimum absolute atomic E-state index is 0.257. The van der Waals surface area contributed by atoms with Crippen molar-refractivity contribution in [2.75, 3.05) is 0 Å². The van der Waals surface area contributed by atoms with Crippen LogP contribution < -0.4 is 11.1 Å². The summed E-state index contributed by atoms with van der Waals surface area (Å²) in [7, 11) is 0. The van der Waals surface area contributed by atoms with Crippen molar-refractivity contribution in [3.63, 3.8) is 0 Å². The highest BCUT2D eigenvalue weighted by atomic mass is 16.4. The molecule has 0 saturated carbocycles. The first kappa shape index (κ1) is 13.9. The maximum absolute atomic E-state index is 8.68. The number of hydrogen-bond acceptors (Lipinski definition) is 3. The van der Waals surface area contributed by atoms with Gasteiger partial charge in [-0.2, -0.15) is 0 Å². The van der Waals surface area contributed by atoms with Crippen LogP contribution in [0.3, 0.4) is 0 Å². The molecule has 0 radical (unpaired) electrons. The summed E-state index contributed by atoms with van der Waals surface area (Å²) >= 11 is 0. The van der Waals surface area contributed by atoms with Crippen molar-refractivity contribution in [2.45, 2.75) is 51.1 Å². The summed E-state index contributed by atoms with van der Waals surface area (Å²) in [4.78, 5) is 0. The van der Waals surface area contributed by atoms with Crippen molar-refractivity contribution >= 4 is 5.84 Å². The van der Waals surface area contributed by atoms with Gasteiger partial charge in [-0.3, -0.25) is 0 Å². The zero-order valence-corrected chi connectivity index (χ0v) is 11.5. The Morgan fingerprint density at radius 3 is 3.05 bits per heavy atom. The van der Waals surface area contributed by atoms with E-state index in [1.165, 1.54) is 24.0 Å². The van der Waals surface area contributed by atoms with Crippen molar-refractivity contribution in [2.24, 2.45) is 10.9 Å². The Balaban J connectivity index is 2.06. The number of nitrogens with two attached hydrogens (primary N) is 1. The van der Waals surface area contributed by atoms with E-state index in [0.29, 0.717) is 18.3 Å². The second kappa shape index (κ2) is 6.57. The first-order valence-corrected chi connectivity index (χ1v) is 7.04. The number of hydrogen-bond donors (Lipinski definition) is 3. The van der Waals surface area contributed by atoms with Crippen LogP contribution in [0.1, 0.15) is 49.8 Å². The normalized spacial score (nSPS) is 20.9. The molecule has 0 aliphatic heterocycles. The third-order valence-corrected chi connectivity index (χ3v) is 3.88. The quantitative estimate of drug-likeness (QED) is 0.330. The lowest BCUT2D eigenvalue weighted by molar-refractivity contribution is 0.314. The predicted octanol–water partition coefficient (Wildman–Crippen LogP) is 2.57. The van der Waals surface area contributed by atoms with E-state index in [1.807, 2.05) is 0 Å². The van der Waals surface area contributed by atoms with E-state index in [-0.39, 0.29) is 6.04 Å². The maximum Gasteiger partial charge on any atom is 0.140 e. The molecule has 0 spiro atoms. The summed E-state index contributed by atoms with van der Waals surface area (Å²) in [6.07, 6.45) is 5.10. The van der Waals surface area contributed by atoms with E-state index in [4.69, 9.17) is 10.9 Å². The van der Waals surface area contributed by atoms with Crippen molar-refractivity contribution in [3.8, 4) is 0 Å². The third kappa shape index (κ3) is 3.47. The molecule has 1 aliphatic rings. The SMILES string of the molecule is CCC(CC(N)=NO)NC1CCCc2ccccc21. The lowest BCUT2D eigenvalue weighted by Gasteiger charge is -2.30. The first-order chi connectivity index (χ1) is 9.24. The smallest absolute Gasteiger partial charge is 0.140 e. The van der Waals surface area contributed by atoms with Crippen LogP contribution in [0.2, 0.25) is 0 Å². The van der Waals surface area contributed by atoms with E-state index in [0.717, 1.165) is 12.8 Å². The average molecular weight is 261 g/mol. The fourth-order valence-corrected chi connectivity index (χ4v) is 2.83. The predicted molar refractivity (Wildman–Crippen MR) is 77.4 cm³/mol. The van der Waals surface area contributed by atoms with Gasteiger partial charge in [0.2, 0.25) is 0 Å². The highest BCUT2D eigenvalue weighted by Gasteiger charge is 2.22. The van der Waals surface area contributed by atoms with Crippen LogP contribution in [0, 0.1) is 0 Å². The standard InChI is InChI=1S/C15H23N3O/c1-2-12(10-15(16)18-19)17-14-9-5-7-11-6-3-4-8-13(11)14/h3-4,6,8,12,14,17,19H,2,5,7,9-10H2,1H3,(H2,16,18). The minimum Gasteiger partial charge on any atom is -0.409 e. The fourth-order valence-electron chi connectivity index (χ4n) is 2.83. The van der Waals surface area contributed by atoms with Gasteiger partial charge in [0.25, 0.3) is 0 Å². The molecule has 19 heavy (non-hydrogen) atoms. The lowest BCUT2D eigenvalue weighted by Crippen LogP contribution is -2.37. The number of benzene rings is 1. The van der Waals surface area contributed by atoms with Crippen LogP contribution in [0.15, 0.2) is 29.4 Å². The zero-order valence-electron chi connectivity index (χ0n) is 11.5. The molecule has 0 aromatic heterocycles. The van der Waals surface area contributed by atoms with Gasteiger partial charge >= 0.3 is 0 Å². The Morgan fingerprint density at radius 2 is 2.32 bits per heavy atom. The molecule has 4 heteroatoms. The number of fused-ring (bicyclic) bond motifs is 1. The number of amidine groups is 1. The van der Waals surface area contributed by atoms with Crippen molar-refractivity contribution < 1.29 is 5.21 Å². The second-order valence-corrected chi connectivity index (χ2v) is 5.21. The molecule has 1 aromatic carbocycles. The Morgan fingerprint density at radius 1 is 1.53 bits per heavy atom. The number of oxime groups is 1. The zero-order chi connectivity index (χ0) is 13.7. The van der Waals surface area contributed by atoms with E-state index in [2.05, 4.69) is 41.7 Å². The Labute approximate surface area is 114 Å². The van der Waals surface area contributed by atoms with Gasteiger partial charge in [-0.05, 0) is 36.8 Å². The van der Waals surface area contributed by atoms with Crippen LogP contribution in [-0.4, -0.2) is 17.1 Å². The largest absolute Gasteiger partial charge is 0.409 e. The minimum atomic E-state index is 0.257. The molecule has 4 N–H and O–H groups in total. The Bertz CT molecular complexity index is 445. The molecular weight excluding hydrogens is 238 g/mol. The highest BCUT2D eigenvalue weighted by Crippen LogP contribution is 2.30. The lowest BCUT2D eigenvalue weighted by atomic mass is 9.87. The van der Waals surface area contributed by atoms with Crippen molar-refractivity contribution in [1.82, 2.24) is 5.32 Å². The molecule has 104 valence electrons. The molecule has 0 bridgehead atoms. The van der Waals surface area contributed by atoms with Crippen LogP contribution >= 0.6 is 0 Å². The van der Waals surface area contributed by atoms with Gasteiger partial charge < -0.3 is 16.3 Å². The molecule has 2 atom stereocenters. The summed E-state index contributed by atoms with van der Waals surface area (Å²) < 4.78 is 0. The number of aryl methyl sites for hydroxylation is 1. The van der Waals surface area contributed by atoms with Crippen LogP contribution in [0.5, 0.6) is 0 Å². The molecule has 0 saturated heterocycles. The van der Waals surface area contributed by atoms with Gasteiger partial charge in [0.05, 0.1) is 0 Å². The molecule has 0 heterocycles. The summed E-state index contributed by atoms with van der Waals surface area (Å²) in [5.74, 6) is 0.295. The average Bonchev–Trinajstić information content (AvgIpc) is 2.46. The van der Waals surface area contributed by atoms with Crippen LogP contribution in [0.4, 0.5) is 0 Å². The number of nitrogens with zero attached hydrogens (tertiary/aromatic N) is 1. The second-order valence-electron chi connectivity index (χ2n) is 5.21. The molecule has 2 unspecified atom stereocenters. The van der Waals surface area contributed by atoms with Crippen LogP contribution in [-0.2, 0) is 6.42 Å². The Kier molecular flexibility index (Phi) is 4.80. The van der Waals surface area contributed by atoms with E-state index in [1.54, 1.807) is 0 Å². The topological polar surface area (TPSA) is 70.6 Å². The van der Waals surface area contributed by atoms with E-state index < -0.39 is 0 Å². The molecule has 1 aliphatic carbocycles. The summed E-state index contributed by atoms with van der Waals surface area (Å²) in [6, 6.07) is 9.28. The molecular formula is C15H23N3O. The Hall–Kier alpha value is -1.55. The van der Waals surface area contributed by atoms with Gasteiger partial charge in [0, 0.05) is 18.5 Å². The van der Waals surface area contributed by atoms with Crippen molar-refractivity contribution in [3.05, 3.63) is 35.4 Å². The summed E-state index contributed by atoms with van der Waals surface area (Å²) in [5.41, 5.74) is 8.47. The molecule has 2 rings (SSSR count). The number of nitrogens with one attached hydrogen (secondary N) is 1. The number of rotatable bonds is 5. The van der Waals surface area contributed by atoms with Gasteiger partial charge in [-0.25, -0.2) is 0 Å². The van der Waals surface area contributed by atoms with Gasteiger partial charge in [-0.1, -0.05) is 36.3 Å². The summed E-state index contributed by atoms with van der Waals surface area (Å²) in [6.45, 7) is 2.12. The fraction of sp³-hybridized carbons (Fsp3) is 0.533. The summed E-state index contributed by atoms with van der Waals surface area (Å²) in [5, 5.41) is 15.4. The maximum atomic E-state index is 8.68. The van der Waals surface area contributed by atoms with Crippen LogP contribution in [0.25, 0.3) is 0 Å². The molecule has 1 aromatic rings. The van der Waals surface area contributed by atoms with E-state index >= 15 is 0 Å². The molecule has 0 fully saturated rings. The third-order valence-electron chi connectivity index (χ3n) is 3.88. The first-order valence-electron chi connectivity index (χ1n) is 7.04. The van der Waals surface area contributed by atoms with E-state index in [9.17, 15) is 0 Å². The van der Waals surface area contributed by atoms with Crippen molar-refractivity contribution in [1.29, 1.82) is 0 Å².